The number of alkyl halides is 3. The first-order valence-corrected chi connectivity index (χ1v) is 4.70. The number of nitrogens with one attached hydrogen (secondary N) is 1. The van der Waals surface area contributed by atoms with Crippen molar-refractivity contribution in [3.8, 4) is 5.75 Å². The molecule has 0 spiro atoms. The molecule has 0 radical (unpaired) electrons. The van der Waals surface area contributed by atoms with E-state index >= 15 is 0 Å². The highest BCUT2D eigenvalue weighted by Crippen LogP contribution is 2.38. The van der Waals surface area contributed by atoms with Gasteiger partial charge in [-0.25, -0.2) is 0 Å². The molecular formula is C10H8F3NO3. The van der Waals surface area contributed by atoms with E-state index in [0.717, 1.165) is 0 Å². The third-order valence-electron chi connectivity index (χ3n) is 2.24. The van der Waals surface area contributed by atoms with Gasteiger partial charge in [-0.3, -0.25) is 4.79 Å². The molecule has 1 heterocycles. The first-order valence-electron chi connectivity index (χ1n) is 4.70. The maximum atomic E-state index is 12.0. The largest absolute Gasteiger partial charge is 0.482 e. The van der Waals surface area contributed by atoms with Crippen molar-refractivity contribution in [1.29, 1.82) is 0 Å². The maximum absolute atomic E-state index is 12.0. The molecule has 1 aromatic carbocycles. The zero-order chi connectivity index (χ0) is 12.6. The molecule has 4 nitrogen and oxygen atoms in total. The molecule has 0 aromatic heterocycles. The first kappa shape index (κ1) is 11.7. The Morgan fingerprint density at radius 3 is 2.76 bits per heavy atom. The molecule has 7 heteroatoms. The zero-order valence-electron chi connectivity index (χ0n) is 8.41. The van der Waals surface area contributed by atoms with Gasteiger partial charge >= 0.3 is 6.18 Å². The van der Waals surface area contributed by atoms with E-state index in [1.165, 1.54) is 18.2 Å². The van der Waals surface area contributed by atoms with Crippen LogP contribution in [0.25, 0.3) is 0 Å². The number of hydrogen-bond acceptors (Lipinski definition) is 3. The quantitative estimate of drug-likeness (QED) is 0.834. The number of benzene rings is 1. The summed E-state index contributed by atoms with van der Waals surface area (Å²) in [5.41, 5.74) is 0.309. The van der Waals surface area contributed by atoms with Crippen LogP contribution < -0.4 is 10.1 Å². The molecule has 1 amide bonds. The Bertz CT molecular complexity index is 459. The molecule has 1 aliphatic heterocycles. The Labute approximate surface area is 94.0 Å². The predicted octanol–water partition coefficient (Wildman–Crippen LogP) is 1.61. The summed E-state index contributed by atoms with van der Waals surface area (Å²) in [4.78, 5) is 11.1. The van der Waals surface area contributed by atoms with Crippen molar-refractivity contribution in [2.75, 3.05) is 11.9 Å². The van der Waals surface area contributed by atoms with Gasteiger partial charge in [0, 0.05) is 5.56 Å². The molecule has 1 unspecified atom stereocenters. The Kier molecular flexibility index (Phi) is 2.70. The molecule has 1 atom stereocenters. The Morgan fingerprint density at radius 1 is 1.41 bits per heavy atom. The van der Waals surface area contributed by atoms with Crippen LogP contribution in [0.2, 0.25) is 0 Å². The van der Waals surface area contributed by atoms with Crippen molar-refractivity contribution < 1.29 is 27.8 Å². The number of rotatable bonds is 2. The fourth-order valence-electron chi connectivity index (χ4n) is 1.52. The van der Waals surface area contributed by atoms with Crippen molar-refractivity contribution in [3.63, 3.8) is 0 Å². The zero-order valence-corrected chi connectivity index (χ0v) is 8.41. The summed E-state index contributed by atoms with van der Waals surface area (Å²) < 4.78 is 40.5. The highest BCUT2D eigenvalue weighted by Gasteiger charge is 2.33. The number of hydrogen-bond donors (Lipinski definition) is 2. The monoisotopic (exact) mass is 247 g/mol. The van der Waals surface area contributed by atoms with Crippen LogP contribution in [0.1, 0.15) is 11.7 Å². The van der Waals surface area contributed by atoms with Gasteiger partial charge < -0.3 is 15.2 Å². The number of amides is 1. The molecule has 17 heavy (non-hydrogen) atoms. The summed E-state index contributed by atoms with van der Waals surface area (Å²) in [6.07, 6.45) is -5.82. The third-order valence-corrected chi connectivity index (χ3v) is 2.24. The minimum Gasteiger partial charge on any atom is -0.482 e. The van der Waals surface area contributed by atoms with Crippen LogP contribution in [-0.2, 0) is 4.79 Å². The van der Waals surface area contributed by atoms with E-state index in [1.807, 2.05) is 0 Å². The number of ether oxygens (including phenoxy) is 1. The summed E-state index contributed by atoms with van der Waals surface area (Å²) in [6.45, 7) is -1.45. The standard InChI is InChI=1S/C10H8F3NO3/c11-10(12,13)4-17-6-3-1-2-5-7(6)14-9(16)8(5)15/h1-3,8,15H,4H2,(H,14,16). The SMILES string of the molecule is O=C1Nc2c(OCC(F)(F)F)cccc2C1O. The van der Waals surface area contributed by atoms with Gasteiger partial charge in [-0.15, -0.1) is 0 Å². The van der Waals surface area contributed by atoms with E-state index in [1.54, 1.807) is 0 Å². The molecule has 0 bridgehead atoms. The fourth-order valence-corrected chi connectivity index (χ4v) is 1.52. The van der Waals surface area contributed by atoms with E-state index < -0.39 is 24.8 Å². The molecule has 1 aliphatic rings. The predicted molar refractivity (Wildman–Crippen MR) is 51.6 cm³/mol. The van der Waals surface area contributed by atoms with Gasteiger partial charge in [0.05, 0.1) is 5.69 Å². The number of fused-ring (bicyclic) bond motifs is 1. The first-order chi connectivity index (χ1) is 7.88. The lowest BCUT2D eigenvalue weighted by atomic mass is 10.1. The minimum atomic E-state index is -4.45. The molecule has 2 N–H and O–H groups in total. The molecule has 0 aliphatic carbocycles. The molecule has 1 aromatic rings. The Morgan fingerprint density at radius 2 is 2.12 bits per heavy atom. The second kappa shape index (κ2) is 3.92. The van der Waals surface area contributed by atoms with Gasteiger partial charge in [0.25, 0.3) is 5.91 Å². The second-order valence-corrected chi connectivity index (χ2v) is 3.52. The van der Waals surface area contributed by atoms with Crippen LogP contribution in [-0.4, -0.2) is 23.8 Å². The van der Waals surface area contributed by atoms with Crippen molar-refractivity contribution in [2.24, 2.45) is 0 Å². The van der Waals surface area contributed by atoms with Gasteiger partial charge in [-0.05, 0) is 6.07 Å². The Balaban J connectivity index is 2.24. The van der Waals surface area contributed by atoms with Gasteiger partial charge in [0.1, 0.15) is 5.75 Å². The maximum Gasteiger partial charge on any atom is 0.422 e. The lowest BCUT2D eigenvalue weighted by molar-refractivity contribution is -0.153. The highest BCUT2D eigenvalue weighted by molar-refractivity contribution is 6.03. The summed E-state index contributed by atoms with van der Waals surface area (Å²) in [5.74, 6) is -0.784. The second-order valence-electron chi connectivity index (χ2n) is 3.52. The molecular weight excluding hydrogens is 239 g/mol. The van der Waals surface area contributed by atoms with Crippen LogP contribution in [0.5, 0.6) is 5.75 Å². The number of para-hydroxylation sites is 1. The highest BCUT2D eigenvalue weighted by atomic mass is 19.4. The van der Waals surface area contributed by atoms with E-state index in [2.05, 4.69) is 10.1 Å². The topological polar surface area (TPSA) is 58.6 Å². The van der Waals surface area contributed by atoms with E-state index in [4.69, 9.17) is 0 Å². The smallest absolute Gasteiger partial charge is 0.422 e. The van der Waals surface area contributed by atoms with Crippen molar-refractivity contribution in [1.82, 2.24) is 0 Å². The van der Waals surface area contributed by atoms with Gasteiger partial charge in [0.2, 0.25) is 0 Å². The third kappa shape index (κ3) is 2.33. The molecule has 92 valence electrons. The molecule has 0 fully saturated rings. The van der Waals surface area contributed by atoms with Crippen LogP contribution in [0, 0.1) is 0 Å². The number of carbonyl (C=O) groups is 1. The number of halogens is 3. The van der Waals surface area contributed by atoms with Crippen LogP contribution >= 0.6 is 0 Å². The number of aliphatic hydroxyl groups excluding tert-OH is 1. The van der Waals surface area contributed by atoms with Gasteiger partial charge in [-0.1, -0.05) is 12.1 Å². The summed E-state index contributed by atoms with van der Waals surface area (Å²) in [7, 11) is 0. The average molecular weight is 247 g/mol. The Hall–Kier alpha value is -1.76. The lowest BCUT2D eigenvalue weighted by Crippen LogP contribution is -2.19. The lowest BCUT2D eigenvalue weighted by Gasteiger charge is -2.12. The van der Waals surface area contributed by atoms with Crippen LogP contribution in [0.3, 0.4) is 0 Å². The fraction of sp³-hybridized carbons (Fsp3) is 0.300. The normalized spacial score (nSPS) is 18.8. The molecule has 2 rings (SSSR count). The molecule has 0 saturated heterocycles. The van der Waals surface area contributed by atoms with Crippen molar-refractivity contribution >= 4 is 11.6 Å². The van der Waals surface area contributed by atoms with E-state index in [0.29, 0.717) is 0 Å². The summed E-state index contributed by atoms with van der Waals surface area (Å²) >= 11 is 0. The number of carbonyl (C=O) groups excluding carboxylic acids is 1. The summed E-state index contributed by atoms with van der Waals surface area (Å²) in [6, 6.07) is 4.15. The molecule has 0 saturated carbocycles. The van der Waals surface area contributed by atoms with Gasteiger partial charge in [-0.2, -0.15) is 13.2 Å². The number of aliphatic hydroxyl groups is 1. The van der Waals surface area contributed by atoms with Crippen molar-refractivity contribution in [2.45, 2.75) is 12.3 Å². The average Bonchev–Trinajstić information content (AvgIpc) is 2.52. The van der Waals surface area contributed by atoms with Crippen LogP contribution in [0.4, 0.5) is 18.9 Å². The van der Waals surface area contributed by atoms with Crippen LogP contribution in [0.15, 0.2) is 18.2 Å². The number of anilines is 1. The van der Waals surface area contributed by atoms with Crippen molar-refractivity contribution in [3.05, 3.63) is 23.8 Å². The minimum absolute atomic E-state index is 0.0919. The van der Waals surface area contributed by atoms with Gasteiger partial charge in [0.15, 0.2) is 12.7 Å². The van der Waals surface area contributed by atoms with E-state index in [9.17, 15) is 23.1 Å². The van der Waals surface area contributed by atoms with E-state index in [-0.39, 0.29) is 17.0 Å². The summed E-state index contributed by atoms with van der Waals surface area (Å²) in [5, 5.41) is 11.7.